The summed E-state index contributed by atoms with van der Waals surface area (Å²) in [6, 6.07) is -1.14. The Balaban J connectivity index is 3.97. The van der Waals surface area contributed by atoms with E-state index < -0.39 is 24.0 Å². The topological polar surface area (TPSA) is 151 Å². The second-order valence-electron chi connectivity index (χ2n) is 6.62. The average molecular weight is 386 g/mol. The fraction of sp³-hybridized carbons (Fsp3) is 0.778. The molecule has 0 aliphatic carbocycles. The minimum absolute atomic E-state index is 0.151. The van der Waals surface area contributed by atoms with Gasteiger partial charge in [0.1, 0.15) is 0 Å². The third kappa shape index (κ3) is 13.8. The normalized spacial score (nSPS) is 12.9. The van der Waals surface area contributed by atoms with Gasteiger partial charge in [0, 0.05) is 13.0 Å². The summed E-state index contributed by atoms with van der Waals surface area (Å²) < 4.78 is 0. The van der Waals surface area contributed by atoms with Gasteiger partial charge in [0.05, 0.1) is 18.5 Å². The standard InChI is InChI=1S/C18H34N4O5/c1-13(23)15(22-16(24)9-10-17(25)26)8-4-6-12-21-18(27)14(19)7-3-5-11-20-2/h14-15,20H,3-12,19H2,1-2H3,(H,21,27)(H,22,24)(H,25,26). The van der Waals surface area contributed by atoms with E-state index in [1.54, 1.807) is 0 Å². The fourth-order valence-electron chi connectivity index (χ4n) is 2.48. The van der Waals surface area contributed by atoms with Crippen LogP contribution >= 0.6 is 0 Å². The van der Waals surface area contributed by atoms with Crippen molar-refractivity contribution in [3.63, 3.8) is 0 Å². The Morgan fingerprint density at radius 3 is 2.19 bits per heavy atom. The van der Waals surface area contributed by atoms with Gasteiger partial charge >= 0.3 is 5.97 Å². The molecule has 0 rings (SSSR count). The molecular formula is C18H34N4O5. The van der Waals surface area contributed by atoms with E-state index >= 15 is 0 Å². The number of aliphatic carboxylic acids is 1. The molecule has 0 saturated heterocycles. The number of rotatable bonds is 16. The summed E-state index contributed by atoms with van der Waals surface area (Å²) in [6.07, 6.45) is 3.83. The predicted octanol–water partition coefficient (Wildman–Crippen LogP) is -0.0715. The zero-order valence-corrected chi connectivity index (χ0v) is 16.4. The summed E-state index contributed by atoms with van der Waals surface area (Å²) >= 11 is 0. The number of hydrogen-bond acceptors (Lipinski definition) is 6. The number of Topliss-reactive ketones (excluding diaryl/α,β-unsaturated/α-hetero) is 1. The first-order chi connectivity index (χ1) is 12.8. The van der Waals surface area contributed by atoms with Gasteiger partial charge in [-0.1, -0.05) is 6.42 Å². The smallest absolute Gasteiger partial charge is 0.303 e. The second kappa shape index (κ2) is 15.1. The summed E-state index contributed by atoms with van der Waals surface area (Å²) in [5, 5.41) is 17.0. The van der Waals surface area contributed by atoms with Crippen LogP contribution in [0.4, 0.5) is 0 Å². The molecule has 6 N–H and O–H groups in total. The highest BCUT2D eigenvalue weighted by atomic mass is 16.4. The van der Waals surface area contributed by atoms with Crippen molar-refractivity contribution in [2.75, 3.05) is 20.1 Å². The maximum atomic E-state index is 11.9. The molecule has 0 heterocycles. The van der Waals surface area contributed by atoms with Crippen LogP contribution in [0.15, 0.2) is 0 Å². The Labute approximate surface area is 160 Å². The molecule has 2 unspecified atom stereocenters. The Bertz CT molecular complexity index is 484. The number of carbonyl (C=O) groups excluding carboxylic acids is 3. The summed E-state index contributed by atoms with van der Waals surface area (Å²) in [4.78, 5) is 45.6. The number of carboxylic acid groups (broad SMARTS) is 1. The van der Waals surface area contributed by atoms with E-state index in [1.807, 2.05) is 7.05 Å². The van der Waals surface area contributed by atoms with Crippen molar-refractivity contribution in [3.05, 3.63) is 0 Å². The van der Waals surface area contributed by atoms with Gasteiger partial charge in [-0.3, -0.25) is 19.2 Å². The molecule has 0 aromatic carbocycles. The van der Waals surface area contributed by atoms with Crippen molar-refractivity contribution in [1.29, 1.82) is 0 Å². The van der Waals surface area contributed by atoms with Crippen LogP contribution < -0.4 is 21.7 Å². The van der Waals surface area contributed by atoms with Crippen molar-refractivity contribution in [1.82, 2.24) is 16.0 Å². The monoisotopic (exact) mass is 386 g/mol. The SMILES string of the molecule is CNCCCCC(N)C(=O)NCCCCC(NC(=O)CCC(=O)O)C(C)=O. The molecule has 0 aromatic heterocycles. The average Bonchev–Trinajstić information content (AvgIpc) is 2.61. The number of unbranched alkanes of at least 4 members (excludes halogenated alkanes) is 2. The molecule has 0 aliphatic rings. The molecule has 0 aliphatic heterocycles. The van der Waals surface area contributed by atoms with Crippen LogP contribution in [0.2, 0.25) is 0 Å². The minimum atomic E-state index is -1.06. The summed E-state index contributed by atoms with van der Waals surface area (Å²) in [5.74, 6) is -1.86. The molecule has 0 fully saturated rings. The van der Waals surface area contributed by atoms with Gasteiger partial charge < -0.3 is 26.8 Å². The third-order valence-corrected chi connectivity index (χ3v) is 4.14. The lowest BCUT2D eigenvalue weighted by Gasteiger charge is -2.16. The molecule has 0 aromatic rings. The van der Waals surface area contributed by atoms with Gasteiger partial charge in [0.15, 0.2) is 5.78 Å². The molecule has 27 heavy (non-hydrogen) atoms. The van der Waals surface area contributed by atoms with Crippen LogP contribution in [-0.4, -0.2) is 60.9 Å². The van der Waals surface area contributed by atoms with Crippen LogP contribution in [0.1, 0.15) is 58.3 Å². The summed E-state index contributed by atoms with van der Waals surface area (Å²) in [7, 11) is 1.88. The number of carboxylic acids is 1. The van der Waals surface area contributed by atoms with E-state index in [9.17, 15) is 19.2 Å². The Morgan fingerprint density at radius 1 is 0.963 bits per heavy atom. The number of hydrogen-bond donors (Lipinski definition) is 5. The van der Waals surface area contributed by atoms with Crippen molar-refractivity contribution in [2.45, 2.75) is 70.4 Å². The summed E-state index contributed by atoms with van der Waals surface area (Å²) in [6.45, 7) is 2.75. The Hall–Kier alpha value is -2.00. The first kappa shape index (κ1) is 25.0. The number of ketones is 1. The van der Waals surface area contributed by atoms with E-state index in [0.717, 1.165) is 19.4 Å². The van der Waals surface area contributed by atoms with E-state index in [1.165, 1.54) is 6.92 Å². The van der Waals surface area contributed by atoms with Crippen LogP contribution in [0.25, 0.3) is 0 Å². The van der Waals surface area contributed by atoms with Crippen LogP contribution in [0.5, 0.6) is 0 Å². The van der Waals surface area contributed by atoms with Crippen molar-refractivity contribution in [3.8, 4) is 0 Å². The van der Waals surface area contributed by atoms with Gasteiger partial charge in [0.2, 0.25) is 11.8 Å². The molecular weight excluding hydrogens is 352 g/mol. The van der Waals surface area contributed by atoms with E-state index in [0.29, 0.717) is 32.2 Å². The molecule has 0 bridgehead atoms. The van der Waals surface area contributed by atoms with E-state index in [-0.39, 0.29) is 24.5 Å². The lowest BCUT2D eigenvalue weighted by molar-refractivity contribution is -0.139. The van der Waals surface area contributed by atoms with Gasteiger partial charge in [0.25, 0.3) is 0 Å². The van der Waals surface area contributed by atoms with Crippen molar-refractivity contribution >= 4 is 23.6 Å². The highest BCUT2D eigenvalue weighted by Gasteiger charge is 2.17. The van der Waals surface area contributed by atoms with Gasteiger partial charge in [-0.05, 0) is 52.6 Å². The number of amides is 2. The molecule has 0 radical (unpaired) electrons. The van der Waals surface area contributed by atoms with Crippen molar-refractivity contribution in [2.24, 2.45) is 5.73 Å². The maximum absolute atomic E-state index is 11.9. The molecule has 9 heteroatoms. The number of nitrogens with two attached hydrogens (primary N) is 1. The quantitative estimate of drug-likeness (QED) is 0.233. The largest absolute Gasteiger partial charge is 0.481 e. The molecule has 156 valence electrons. The highest BCUT2D eigenvalue weighted by molar-refractivity contribution is 5.88. The maximum Gasteiger partial charge on any atom is 0.303 e. The highest BCUT2D eigenvalue weighted by Crippen LogP contribution is 2.04. The summed E-state index contributed by atoms with van der Waals surface area (Å²) in [5.41, 5.74) is 5.84. The minimum Gasteiger partial charge on any atom is -0.481 e. The van der Waals surface area contributed by atoms with Crippen molar-refractivity contribution < 1.29 is 24.3 Å². The van der Waals surface area contributed by atoms with Crippen LogP contribution in [0.3, 0.4) is 0 Å². The molecule has 0 saturated carbocycles. The molecule has 0 spiro atoms. The van der Waals surface area contributed by atoms with Gasteiger partial charge in [-0.15, -0.1) is 0 Å². The molecule has 2 atom stereocenters. The first-order valence-corrected chi connectivity index (χ1v) is 9.47. The van der Waals surface area contributed by atoms with E-state index in [2.05, 4.69) is 16.0 Å². The molecule has 9 nitrogen and oxygen atoms in total. The second-order valence-corrected chi connectivity index (χ2v) is 6.62. The van der Waals surface area contributed by atoms with Crippen LogP contribution in [-0.2, 0) is 19.2 Å². The number of carbonyl (C=O) groups is 4. The van der Waals surface area contributed by atoms with E-state index in [4.69, 9.17) is 10.8 Å². The zero-order chi connectivity index (χ0) is 20.7. The predicted molar refractivity (Wildman–Crippen MR) is 102 cm³/mol. The van der Waals surface area contributed by atoms with Crippen LogP contribution in [0, 0.1) is 0 Å². The Morgan fingerprint density at radius 2 is 1.59 bits per heavy atom. The molecule has 2 amide bonds. The fourth-order valence-corrected chi connectivity index (χ4v) is 2.48. The lowest BCUT2D eigenvalue weighted by Crippen LogP contribution is -2.41. The van der Waals surface area contributed by atoms with Gasteiger partial charge in [-0.25, -0.2) is 0 Å². The van der Waals surface area contributed by atoms with Gasteiger partial charge in [-0.2, -0.15) is 0 Å². The zero-order valence-electron chi connectivity index (χ0n) is 16.4. The lowest BCUT2D eigenvalue weighted by atomic mass is 10.1. The Kier molecular flexibility index (Phi) is 14.0. The third-order valence-electron chi connectivity index (χ3n) is 4.14. The number of nitrogens with one attached hydrogen (secondary N) is 3. The first-order valence-electron chi connectivity index (χ1n) is 9.47.